The van der Waals surface area contributed by atoms with Gasteiger partial charge in [-0.25, -0.2) is 4.79 Å². The molecule has 2 aromatic carbocycles. The first kappa shape index (κ1) is 27.6. The third-order valence-corrected chi connectivity index (χ3v) is 5.85. The molecular weight excluding hydrogens is 480 g/mol. The predicted molar refractivity (Wildman–Crippen MR) is 138 cm³/mol. The quantitative estimate of drug-likeness (QED) is 0.577. The molecule has 0 aliphatic heterocycles. The lowest BCUT2D eigenvalue weighted by atomic mass is 9.95. The van der Waals surface area contributed by atoms with Crippen molar-refractivity contribution in [2.24, 2.45) is 0 Å². The summed E-state index contributed by atoms with van der Waals surface area (Å²) in [5.74, 6) is 1.10. The van der Waals surface area contributed by atoms with Crippen molar-refractivity contribution in [3.8, 4) is 34.1 Å². The minimum Gasteiger partial charge on any atom is -0.493 e. The first-order chi connectivity index (χ1) is 17.5. The van der Waals surface area contributed by atoms with Crippen LogP contribution in [0.25, 0.3) is 11.1 Å². The monoisotopic (exact) mass is 514 g/mol. The minimum atomic E-state index is -0.696. The number of aryl methyl sites for hydroxylation is 1. The van der Waals surface area contributed by atoms with Crippen molar-refractivity contribution < 1.29 is 33.3 Å². The molecular formula is C27H34N2O8. The van der Waals surface area contributed by atoms with Gasteiger partial charge in [0, 0.05) is 5.56 Å². The van der Waals surface area contributed by atoms with Gasteiger partial charge in [0.15, 0.2) is 17.2 Å². The van der Waals surface area contributed by atoms with E-state index in [2.05, 4.69) is 10.6 Å². The Hall–Kier alpha value is -3.95. The maximum Gasteiger partial charge on any atom is 0.408 e. The van der Waals surface area contributed by atoms with Crippen LogP contribution in [0, 0.1) is 0 Å². The normalized spacial score (nSPS) is 14.3. The highest BCUT2D eigenvalue weighted by Crippen LogP contribution is 2.50. The Kier molecular flexibility index (Phi) is 8.52. The van der Waals surface area contributed by atoms with Crippen LogP contribution in [0.15, 0.2) is 29.1 Å². The summed E-state index contributed by atoms with van der Waals surface area (Å²) < 4.78 is 27.4. The molecule has 3 rings (SSSR count). The summed E-state index contributed by atoms with van der Waals surface area (Å²) in [4.78, 5) is 37.8. The van der Waals surface area contributed by atoms with E-state index in [0.29, 0.717) is 41.2 Å². The van der Waals surface area contributed by atoms with E-state index in [1.807, 2.05) is 6.07 Å². The molecule has 37 heavy (non-hydrogen) atoms. The van der Waals surface area contributed by atoms with Crippen LogP contribution in [0.1, 0.15) is 44.4 Å². The second kappa shape index (κ2) is 11.4. The van der Waals surface area contributed by atoms with Crippen LogP contribution in [-0.4, -0.2) is 52.6 Å². The lowest BCUT2D eigenvalue weighted by Crippen LogP contribution is -2.41. The van der Waals surface area contributed by atoms with Gasteiger partial charge >= 0.3 is 6.09 Å². The van der Waals surface area contributed by atoms with Gasteiger partial charge in [0.05, 0.1) is 34.5 Å². The number of methoxy groups -OCH3 is 4. The Morgan fingerprint density at radius 3 is 2.22 bits per heavy atom. The fourth-order valence-corrected chi connectivity index (χ4v) is 4.33. The van der Waals surface area contributed by atoms with E-state index in [9.17, 15) is 14.4 Å². The Bertz CT molecular complexity index is 1240. The lowest BCUT2D eigenvalue weighted by Gasteiger charge is -2.21. The standard InChI is InChI=1S/C27H34N2O8/c1-27(2,3)37-26(32)28-14-22(31)29-18-10-8-15-12-21(34-5)24(35-6)25(36-7)23(15)16-9-11-20(33-4)19(30)13-17(16)18/h9,11-13,18H,8,10,14H2,1-7H3,(H,28,32)(H,29,31)/t18-/m0/s1. The molecule has 2 amide bonds. The van der Waals surface area contributed by atoms with Crippen LogP contribution in [-0.2, 0) is 16.0 Å². The number of carbonyl (C=O) groups is 2. The van der Waals surface area contributed by atoms with Crippen molar-refractivity contribution in [1.82, 2.24) is 10.6 Å². The van der Waals surface area contributed by atoms with Crippen LogP contribution >= 0.6 is 0 Å². The number of hydrogen-bond acceptors (Lipinski definition) is 8. The fourth-order valence-electron chi connectivity index (χ4n) is 4.33. The van der Waals surface area contributed by atoms with E-state index in [1.165, 1.54) is 27.4 Å². The van der Waals surface area contributed by atoms with Gasteiger partial charge in [-0.3, -0.25) is 9.59 Å². The van der Waals surface area contributed by atoms with Gasteiger partial charge in [-0.15, -0.1) is 0 Å². The molecule has 0 bridgehead atoms. The smallest absolute Gasteiger partial charge is 0.408 e. The molecule has 0 unspecified atom stereocenters. The van der Waals surface area contributed by atoms with Crippen LogP contribution in [0.2, 0.25) is 0 Å². The Labute approximate surface area is 216 Å². The van der Waals surface area contributed by atoms with Gasteiger partial charge in [-0.05, 0) is 68.5 Å². The minimum absolute atomic E-state index is 0.158. The van der Waals surface area contributed by atoms with Crippen LogP contribution in [0.3, 0.4) is 0 Å². The average Bonchev–Trinajstić information content (AvgIpc) is 3.09. The van der Waals surface area contributed by atoms with E-state index in [4.69, 9.17) is 23.7 Å². The van der Waals surface area contributed by atoms with Gasteiger partial charge in [0.25, 0.3) is 0 Å². The first-order valence-corrected chi connectivity index (χ1v) is 11.8. The van der Waals surface area contributed by atoms with Gasteiger partial charge < -0.3 is 34.3 Å². The molecule has 0 radical (unpaired) electrons. The molecule has 0 fully saturated rings. The number of amides is 2. The highest BCUT2D eigenvalue weighted by molar-refractivity contribution is 5.85. The van der Waals surface area contributed by atoms with Crippen molar-refractivity contribution in [1.29, 1.82) is 0 Å². The van der Waals surface area contributed by atoms with Crippen molar-refractivity contribution in [2.75, 3.05) is 35.0 Å². The summed E-state index contributed by atoms with van der Waals surface area (Å²) >= 11 is 0. The number of nitrogens with one attached hydrogen (secondary N) is 2. The Balaban J connectivity index is 2.07. The number of alkyl carbamates (subject to hydrolysis) is 1. The molecule has 0 heterocycles. The van der Waals surface area contributed by atoms with Gasteiger partial charge in [-0.2, -0.15) is 0 Å². The Morgan fingerprint density at radius 1 is 0.946 bits per heavy atom. The van der Waals surface area contributed by atoms with E-state index in [1.54, 1.807) is 40.0 Å². The second-order valence-corrected chi connectivity index (χ2v) is 9.47. The van der Waals surface area contributed by atoms with Gasteiger partial charge in [-0.1, -0.05) is 6.07 Å². The third-order valence-electron chi connectivity index (χ3n) is 5.85. The van der Waals surface area contributed by atoms with Crippen LogP contribution in [0.5, 0.6) is 23.0 Å². The molecule has 10 nitrogen and oxygen atoms in total. The predicted octanol–water partition coefficient (Wildman–Crippen LogP) is 3.38. The Morgan fingerprint density at radius 2 is 1.62 bits per heavy atom. The van der Waals surface area contributed by atoms with Crippen molar-refractivity contribution in [3.63, 3.8) is 0 Å². The van der Waals surface area contributed by atoms with Gasteiger partial charge in [0.2, 0.25) is 17.1 Å². The average molecular weight is 515 g/mol. The maximum absolute atomic E-state index is 12.9. The molecule has 1 atom stereocenters. The molecule has 2 aromatic rings. The highest BCUT2D eigenvalue weighted by atomic mass is 16.6. The summed E-state index contributed by atoms with van der Waals surface area (Å²) in [5, 5.41) is 5.41. The zero-order valence-electron chi connectivity index (χ0n) is 22.3. The number of benzene rings is 1. The largest absolute Gasteiger partial charge is 0.493 e. The molecule has 0 spiro atoms. The number of rotatable bonds is 7. The molecule has 0 saturated carbocycles. The summed E-state index contributed by atoms with van der Waals surface area (Å²) in [5.41, 5.74) is 1.87. The number of fused-ring (bicyclic) bond motifs is 3. The van der Waals surface area contributed by atoms with Crippen molar-refractivity contribution >= 4 is 12.0 Å². The van der Waals surface area contributed by atoms with Gasteiger partial charge in [0.1, 0.15) is 12.1 Å². The zero-order valence-corrected chi connectivity index (χ0v) is 22.3. The third kappa shape index (κ3) is 6.25. The summed E-state index contributed by atoms with van der Waals surface area (Å²) in [6.45, 7) is 4.92. The molecule has 1 aliphatic rings. The van der Waals surface area contributed by atoms with E-state index in [-0.39, 0.29) is 17.7 Å². The number of ether oxygens (including phenoxy) is 5. The second-order valence-electron chi connectivity index (χ2n) is 9.47. The van der Waals surface area contributed by atoms with Crippen LogP contribution in [0.4, 0.5) is 4.79 Å². The molecule has 10 heteroatoms. The zero-order chi connectivity index (χ0) is 27.3. The molecule has 1 aliphatic carbocycles. The van der Waals surface area contributed by atoms with E-state index >= 15 is 0 Å². The SMILES string of the molecule is COc1cc2c(c(OC)c1OC)-c1ccc(OC)c(=O)cc1[C@@H](NC(=O)CNC(=O)OC(C)(C)C)CC2. The fraction of sp³-hybridized carbons (Fsp3) is 0.444. The topological polar surface area (TPSA) is 121 Å². The van der Waals surface area contributed by atoms with E-state index < -0.39 is 23.6 Å². The van der Waals surface area contributed by atoms with Crippen LogP contribution < -0.4 is 35.0 Å². The number of carbonyl (C=O) groups excluding carboxylic acids is 2. The first-order valence-electron chi connectivity index (χ1n) is 11.8. The van der Waals surface area contributed by atoms with E-state index in [0.717, 1.165) is 11.1 Å². The number of hydrogen-bond donors (Lipinski definition) is 2. The lowest BCUT2D eigenvalue weighted by molar-refractivity contribution is -0.121. The maximum atomic E-state index is 12.9. The highest BCUT2D eigenvalue weighted by Gasteiger charge is 2.30. The summed E-state index contributed by atoms with van der Waals surface area (Å²) in [7, 11) is 6.02. The van der Waals surface area contributed by atoms with Crippen molar-refractivity contribution in [3.05, 3.63) is 45.6 Å². The molecule has 2 N–H and O–H groups in total. The molecule has 200 valence electrons. The molecule has 0 aromatic heterocycles. The summed E-state index contributed by atoms with van der Waals surface area (Å²) in [6.07, 6.45) is 0.321. The van der Waals surface area contributed by atoms with Crippen molar-refractivity contribution in [2.45, 2.75) is 45.3 Å². The summed E-state index contributed by atoms with van der Waals surface area (Å²) in [6, 6.07) is 6.16. The molecule has 0 saturated heterocycles.